The first-order valence-electron chi connectivity index (χ1n) is 6.60. The van der Waals surface area contributed by atoms with Crippen LogP contribution in [-0.2, 0) is 14.3 Å². The number of unbranched alkanes of at least 4 members (excludes halogenated alkanes) is 6. The van der Waals surface area contributed by atoms with E-state index in [0.717, 1.165) is 19.4 Å². The summed E-state index contributed by atoms with van der Waals surface area (Å²) in [7, 11) is 0. The van der Waals surface area contributed by atoms with Gasteiger partial charge in [-0.3, -0.25) is 4.79 Å². The van der Waals surface area contributed by atoms with E-state index in [-0.39, 0.29) is 12.1 Å². The van der Waals surface area contributed by atoms with Crippen molar-refractivity contribution in [3.63, 3.8) is 0 Å². The quantitative estimate of drug-likeness (QED) is 0.328. The van der Waals surface area contributed by atoms with Crippen LogP contribution in [0.5, 0.6) is 0 Å². The number of carbonyl (C=O) groups is 1. The molecule has 1 aliphatic rings. The Balaban J connectivity index is 1.76. The van der Waals surface area contributed by atoms with E-state index in [1.165, 1.54) is 32.1 Å². The van der Waals surface area contributed by atoms with Crippen molar-refractivity contribution < 1.29 is 14.3 Å². The highest BCUT2D eigenvalue weighted by Gasteiger charge is 2.23. The molecule has 0 radical (unpaired) electrons. The van der Waals surface area contributed by atoms with Gasteiger partial charge in [-0.1, -0.05) is 45.4 Å². The first-order chi connectivity index (χ1) is 7.83. The number of esters is 1. The van der Waals surface area contributed by atoms with Gasteiger partial charge in [0.2, 0.25) is 0 Å². The van der Waals surface area contributed by atoms with Crippen molar-refractivity contribution in [1.29, 1.82) is 0 Å². The summed E-state index contributed by atoms with van der Waals surface area (Å²) in [6, 6.07) is 0. The Morgan fingerprint density at radius 1 is 1.19 bits per heavy atom. The zero-order chi connectivity index (χ0) is 11.6. The Hall–Kier alpha value is -0.570. The van der Waals surface area contributed by atoms with Gasteiger partial charge in [0.05, 0.1) is 6.61 Å². The Bertz CT molecular complexity index is 188. The van der Waals surface area contributed by atoms with Crippen molar-refractivity contribution in [2.75, 3.05) is 13.2 Å². The fourth-order valence-corrected chi connectivity index (χ4v) is 1.65. The lowest BCUT2D eigenvalue weighted by atomic mass is 10.1. The number of ether oxygens (including phenoxy) is 2. The molecule has 0 saturated carbocycles. The summed E-state index contributed by atoms with van der Waals surface area (Å²) in [5.41, 5.74) is 0. The maximum atomic E-state index is 11.2. The highest BCUT2D eigenvalue weighted by Crippen LogP contribution is 2.11. The number of rotatable bonds is 10. The zero-order valence-corrected chi connectivity index (χ0v) is 10.4. The second-order valence-corrected chi connectivity index (χ2v) is 4.51. The molecular weight excluding hydrogens is 204 g/mol. The lowest BCUT2D eigenvalue weighted by molar-refractivity contribution is -0.144. The van der Waals surface area contributed by atoms with Gasteiger partial charge in [-0.15, -0.1) is 0 Å². The maximum absolute atomic E-state index is 11.2. The molecule has 0 aliphatic carbocycles. The lowest BCUT2D eigenvalue weighted by Crippen LogP contribution is -2.09. The molecule has 0 spiro atoms. The third-order valence-corrected chi connectivity index (χ3v) is 2.82. The first kappa shape index (κ1) is 13.5. The van der Waals surface area contributed by atoms with Crippen LogP contribution in [0.2, 0.25) is 0 Å². The molecule has 0 N–H and O–H groups in total. The van der Waals surface area contributed by atoms with Crippen LogP contribution in [-0.4, -0.2) is 25.3 Å². The summed E-state index contributed by atoms with van der Waals surface area (Å²) in [6.45, 7) is 3.43. The smallest absolute Gasteiger partial charge is 0.305 e. The van der Waals surface area contributed by atoms with Gasteiger partial charge in [0.15, 0.2) is 0 Å². The summed E-state index contributed by atoms with van der Waals surface area (Å²) < 4.78 is 10.0. The van der Waals surface area contributed by atoms with Crippen LogP contribution in [0.25, 0.3) is 0 Å². The van der Waals surface area contributed by atoms with Crippen molar-refractivity contribution in [3.8, 4) is 0 Å². The molecule has 3 nitrogen and oxygen atoms in total. The average molecular weight is 228 g/mol. The van der Waals surface area contributed by atoms with Crippen molar-refractivity contribution in [3.05, 3.63) is 0 Å². The molecule has 16 heavy (non-hydrogen) atoms. The Kier molecular flexibility index (Phi) is 7.23. The van der Waals surface area contributed by atoms with Crippen molar-refractivity contribution in [2.45, 2.75) is 64.4 Å². The molecule has 3 heteroatoms. The molecule has 1 unspecified atom stereocenters. The summed E-state index contributed by atoms with van der Waals surface area (Å²) in [5, 5.41) is 0. The minimum atomic E-state index is -0.0657. The molecule has 1 heterocycles. The number of epoxide rings is 1. The van der Waals surface area contributed by atoms with Gasteiger partial charge in [0.1, 0.15) is 12.7 Å². The monoisotopic (exact) mass is 228 g/mol. The van der Waals surface area contributed by atoms with Gasteiger partial charge in [-0.05, 0) is 6.42 Å². The van der Waals surface area contributed by atoms with Crippen LogP contribution in [0.4, 0.5) is 0 Å². The van der Waals surface area contributed by atoms with E-state index in [1.807, 2.05) is 0 Å². The van der Waals surface area contributed by atoms with E-state index >= 15 is 0 Å². The molecular formula is C13H24O3. The van der Waals surface area contributed by atoms with E-state index < -0.39 is 0 Å². The molecule has 0 aromatic carbocycles. The molecule has 0 aromatic rings. The molecule has 1 saturated heterocycles. The zero-order valence-electron chi connectivity index (χ0n) is 10.4. The van der Waals surface area contributed by atoms with Crippen molar-refractivity contribution in [2.24, 2.45) is 0 Å². The molecule has 1 aliphatic heterocycles. The largest absolute Gasteiger partial charge is 0.463 e. The predicted octanol–water partition coefficient (Wildman–Crippen LogP) is 3.07. The van der Waals surface area contributed by atoms with Crippen molar-refractivity contribution in [1.82, 2.24) is 0 Å². The van der Waals surface area contributed by atoms with Crippen LogP contribution in [0, 0.1) is 0 Å². The molecule has 0 amide bonds. The van der Waals surface area contributed by atoms with Crippen LogP contribution < -0.4 is 0 Å². The molecule has 0 aromatic heterocycles. The van der Waals surface area contributed by atoms with Crippen LogP contribution in [0.3, 0.4) is 0 Å². The van der Waals surface area contributed by atoms with E-state index in [2.05, 4.69) is 6.92 Å². The Morgan fingerprint density at radius 3 is 2.44 bits per heavy atom. The minimum Gasteiger partial charge on any atom is -0.463 e. The predicted molar refractivity (Wildman–Crippen MR) is 63.3 cm³/mol. The third-order valence-electron chi connectivity index (χ3n) is 2.82. The SMILES string of the molecule is CCCCCCCCCC(=O)OCC1CO1. The molecule has 1 fully saturated rings. The number of hydrogen-bond donors (Lipinski definition) is 0. The highest BCUT2D eigenvalue weighted by molar-refractivity contribution is 5.69. The third kappa shape index (κ3) is 7.69. The van der Waals surface area contributed by atoms with Gasteiger partial charge in [0, 0.05) is 6.42 Å². The Morgan fingerprint density at radius 2 is 1.81 bits per heavy atom. The highest BCUT2D eigenvalue weighted by atomic mass is 16.6. The van der Waals surface area contributed by atoms with E-state index in [0.29, 0.717) is 13.0 Å². The average Bonchev–Trinajstić information content (AvgIpc) is 3.09. The summed E-state index contributed by atoms with van der Waals surface area (Å²) in [5.74, 6) is -0.0657. The topological polar surface area (TPSA) is 38.8 Å². The first-order valence-corrected chi connectivity index (χ1v) is 6.60. The van der Waals surface area contributed by atoms with Crippen molar-refractivity contribution >= 4 is 5.97 Å². The van der Waals surface area contributed by atoms with E-state index in [9.17, 15) is 4.79 Å². The normalized spacial score (nSPS) is 18.4. The minimum absolute atomic E-state index is 0.0657. The van der Waals surface area contributed by atoms with E-state index in [4.69, 9.17) is 9.47 Å². The molecule has 94 valence electrons. The fourth-order valence-electron chi connectivity index (χ4n) is 1.65. The second kappa shape index (κ2) is 8.57. The number of carbonyl (C=O) groups excluding carboxylic acids is 1. The van der Waals surface area contributed by atoms with Gasteiger partial charge >= 0.3 is 5.97 Å². The van der Waals surface area contributed by atoms with Gasteiger partial charge in [0.25, 0.3) is 0 Å². The molecule has 1 atom stereocenters. The van der Waals surface area contributed by atoms with Gasteiger partial charge < -0.3 is 9.47 Å². The van der Waals surface area contributed by atoms with Gasteiger partial charge in [-0.2, -0.15) is 0 Å². The summed E-state index contributed by atoms with van der Waals surface area (Å²) >= 11 is 0. The van der Waals surface area contributed by atoms with Crippen LogP contribution >= 0.6 is 0 Å². The lowest BCUT2D eigenvalue weighted by Gasteiger charge is -2.02. The second-order valence-electron chi connectivity index (χ2n) is 4.51. The van der Waals surface area contributed by atoms with E-state index in [1.54, 1.807) is 0 Å². The maximum Gasteiger partial charge on any atom is 0.305 e. The summed E-state index contributed by atoms with van der Waals surface area (Å²) in [6.07, 6.45) is 9.39. The molecule has 0 bridgehead atoms. The number of hydrogen-bond acceptors (Lipinski definition) is 3. The molecule has 1 rings (SSSR count). The standard InChI is InChI=1S/C13H24O3/c1-2-3-4-5-6-7-8-9-13(14)16-11-12-10-15-12/h12H,2-11H2,1H3. The van der Waals surface area contributed by atoms with Gasteiger partial charge in [-0.25, -0.2) is 0 Å². The van der Waals surface area contributed by atoms with Crippen LogP contribution in [0.1, 0.15) is 58.3 Å². The Labute approximate surface area is 98.5 Å². The summed E-state index contributed by atoms with van der Waals surface area (Å²) in [4.78, 5) is 11.2. The van der Waals surface area contributed by atoms with Crippen LogP contribution in [0.15, 0.2) is 0 Å². The fraction of sp³-hybridized carbons (Fsp3) is 0.923.